The summed E-state index contributed by atoms with van der Waals surface area (Å²) in [5.74, 6) is 0.627. The fourth-order valence-corrected chi connectivity index (χ4v) is 4.65. The number of nitrogens with one attached hydrogen (secondary N) is 1. The summed E-state index contributed by atoms with van der Waals surface area (Å²) in [6, 6.07) is 11.6. The first-order chi connectivity index (χ1) is 11.9. The predicted octanol–water partition coefficient (Wildman–Crippen LogP) is 4.51. The molecular formula is C21H29N3. The van der Waals surface area contributed by atoms with E-state index in [1.165, 1.54) is 74.9 Å². The second-order valence-electron chi connectivity index (χ2n) is 7.60. The van der Waals surface area contributed by atoms with Crippen LogP contribution in [0.4, 0.5) is 0 Å². The lowest BCUT2D eigenvalue weighted by Crippen LogP contribution is -2.43. The number of nitrogens with zero attached hydrogens (tertiary/aromatic N) is 2. The number of aromatic nitrogens is 2. The van der Waals surface area contributed by atoms with Crippen LogP contribution in [-0.4, -0.2) is 34.2 Å². The maximum atomic E-state index is 4.39. The van der Waals surface area contributed by atoms with Crippen molar-refractivity contribution in [2.75, 3.05) is 13.1 Å². The standard InChI is InChI=1S/C21H29N3/c1-3-8-17(9-4-1)14-19-15-22-23-21(19)18-10-7-13-24(16-18)20-11-5-2-6-12-20/h1,3-4,8-9,15,18,20H,2,5-7,10-14,16H2,(H,22,23). The minimum absolute atomic E-state index is 0.627. The lowest BCUT2D eigenvalue weighted by Gasteiger charge is -2.40. The van der Waals surface area contributed by atoms with E-state index >= 15 is 0 Å². The van der Waals surface area contributed by atoms with Gasteiger partial charge >= 0.3 is 0 Å². The van der Waals surface area contributed by atoms with Gasteiger partial charge in [0.1, 0.15) is 0 Å². The van der Waals surface area contributed by atoms with E-state index in [-0.39, 0.29) is 0 Å². The molecule has 0 spiro atoms. The van der Waals surface area contributed by atoms with Crippen molar-refractivity contribution in [2.45, 2.75) is 63.3 Å². The molecule has 1 saturated heterocycles. The van der Waals surface area contributed by atoms with Gasteiger partial charge in [0.15, 0.2) is 0 Å². The smallest absolute Gasteiger partial charge is 0.0525 e. The van der Waals surface area contributed by atoms with E-state index in [4.69, 9.17) is 0 Å². The normalized spacial score (nSPS) is 23.4. The van der Waals surface area contributed by atoms with Gasteiger partial charge in [-0.05, 0) is 43.4 Å². The second-order valence-corrected chi connectivity index (χ2v) is 7.60. The van der Waals surface area contributed by atoms with Crippen LogP contribution in [0.15, 0.2) is 36.5 Å². The van der Waals surface area contributed by atoms with Gasteiger partial charge in [0, 0.05) is 30.6 Å². The van der Waals surface area contributed by atoms with Crippen LogP contribution >= 0.6 is 0 Å². The topological polar surface area (TPSA) is 31.9 Å². The molecule has 128 valence electrons. The van der Waals surface area contributed by atoms with Crippen molar-refractivity contribution < 1.29 is 0 Å². The fraction of sp³-hybridized carbons (Fsp3) is 0.571. The minimum atomic E-state index is 0.627. The largest absolute Gasteiger partial charge is 0.300 e. The van der Waals surface area contributed by atoms with Gasteiger partial charge in [-0.1, -0.05) is 49.6 Å². The van der Waals surface area contributed by atoms with Crippen molar-refractivity contribution >= 4 is 0 Å². The van der Waals surface area contributed by atoms with Crippen LogP contribution in [0.1, 0.15) is 67.7 Å². The Morgan fingerprint density at radius 1 is 1.00 bits per heavy atom. The molecule has 1 atom stereocenters. The van der Waals surface area contributed by atoms with Gasteiger partial charge in [-0.15, -0.1) is 0 Å². The summed E-state index contributed by atoms with van der Waals surface area (Å²) < 4.78 is 0. The highest BCUT2D eigenvalue weighted by Crippen LogP contribution is 2.32. The first kappa shape index (κ1) is 15.9. The van der Waals surface area contributed by atoms with E-state index in [9.17, 15) is 0 Å². The number of rotatable bonds is 4. The highest BCUT2D eigenvalue weighted by molar-refractivity contribution is 5.29. The third-order valence-corrected chi connectivity index (χ3v) is 5.94. The minimum Gasteiger partial charge on any atom is -0.300 e. The van der Waals surface area contributed by atoms with Crippen LogP contribution in [0.25, 0.3) is 0 Å². The van der Waals surface area contributed by atoms with Crippen molar-refractivity contribution in [3.63, 3.8) is 0 Å². The molecule has 2 aliphatic rings. The first-order valence-electron chi connectivity index (χ1n) is 9.70. The van der Waals surface area contributed by atoms with Crippen molar-refractivity contribution in [1.29, 1.82) is 0 Å². The van der Waals surface area contributed by atoms with Gasteiger partial charge < -0.3 is 0 Å². The SMILES string of the molecule is c1ccc(Cc2cn[nH]c2C2CCCN(C3CCCCC3)C2)cc1. The number of piperidine rings is 1. The summed E-state index contributed by atoms with van der Waals surface area (Å²) in [5, 5.41) is 7.73. The zero-order chi connectivity index (χ0) is 16.2. The molecule has 1 aliphatic heterocycles. The second kappa shape index (κ2) is 7.52. The molecule has 0 amide bonds. The van der Waals surface area contributed by atoms with E-state index in [0.29, 0.717) is 5.92 Å². The molecule has 2 fully saturated rings. The number of H-pyrrole nitrogens is 1. The third kappa shape index (κ3) is 3.56. The lowest BCUT2D eigenvalue weighted by atomic mass is 9.87. The molecule has 1 unspecified atom stereocenters. The number of benzene rings is 1. The van der Waals surface area contributed by atoms with E-state index in [0.717, 1.165) is 12.5 Å². The van der Waals surface area contributed by atoms with E-state index < -0.39 is 0 Å². The molecular weight excluding hydrogens is 294 g/mol. The molecule has 24 heavy (non-hydrogen) atoms. The number of hydrogen-bond donors (Lipinski definition) is 1. The summed E-state index contributed by atoms with van der Waals surface area (Å²) in [5.41, 5.74) is 4.15. The highest BCUT2D eigenvalue weighted by atomic mass is 15.2. The quantitative estimate of drug-likeness (QED) is 0.897. The zero-order valence-electron chi connectivity index (χ0n) is 14.6. The molecule has 1 aliphatic carbocycles. The Morgan fingerprint density at radius 2 is 1.83 bits per heavy atom. The summed E-state index contributed by atoms with van der Waals surface area (Å²) in [6.45, 7) is 2.51. The number of hydrogen-bond acceptors (Lipinski definition) is 2. The van der Waals surface area contributed by atoms with Crippen LogP contribution in [0.5, 0.6) is 0 Å². The summed E-state index contributed by atoms with van der Waals surface area (Å²) in [4.78, 5) is 2.78. The molecule has 1 N–H and O–H groups in total. The summed E-state index contributed by atoms with van der Waals surface area (Å²) >= 11 is 0. The average molecular weight is 323 g/mol. The van der Waals surface area contributed by atoms with E-state index in [1.54, 1.807) is 0 Å². The van der Waals surface area contributed by atoms with Gasteiger partial charge in [-0.25, -0.2) is 0 Å². The van der Waals surface area contributed by atoms with Gasteiger partial charge in [0.25, 0.3) is 0 Å². The van der Waals surface area contributed by atoms with Gasteiger partial charge in [-0.2, -0.15) is 5.10 Å². The Kier molecular flexibility index (Phi) is 4.98. The molecule has 1 aromatic carbocycles. The average Bonchev–Trinajstić information content (AvgIpc) is 3.12. The molecule has 3 nitrogen and oxygen atoms in total. The molecule has 2 heterocycles. The van der Waals surface area contributed by atoms with Crippen molar-refractivity contribution in [2.24, 2.45) is 0 Å². The van der Waals surface area contributed by atoms with Crippen LogP contribution < -0.4 is 0 Å². The van der Waals surface area contributed by atoms with E-state index in [2.05, 4.69) is 45.4 Å². The van der Waals surface area contributed by atoms with Crippen LogP contribution in [-0.2, 0) is 6.42 Å². The highest BCUT2D eigenvalue weighted by Gasteiger charge is 2.29. The Morgan fingerprint density at radius 3 is 2.67 bits per heavy atom. The predicted molar refractivity (Wildman–Crippen MR) is 98.3 cm³/mol. The Labute approximate surface area is 145 Å². The summed E-state index contributed by atoms with van der Waals surface area (Å²) in [7, 11) is 0. The van der Waals surface area contributed by atoms with Crippen molar-refractivity contribution in [1.82, 2.24) is 15.1 Å². The first-order valence-corrected chi connectivity index (χ1v) is 9.70. The summed E-state index contributed by atoms with van der Waals surface area (Å²) in [6.07, 6.45) is 12.8. The van der Waals surface area contributed by atoms with Gasteiger partial charge in [0.05, 0.1) is 6.20 Å². The van der Waals surface area contributed by atoms with Crippen molar-refractivity contribution in [3.05, 3.63) is 53.3 Å². The fourth-order valence-electron chi connectivity index (χ4n) is 4.65. The lowest BCUT2D eigenvalue weighted by molar-refractivity contribution is 0.117. The molecule has 1 aromatic heterocycles. The molecule has 2 aromatic rings. The monoisotopic (exact) mass is 323 g/mol. The number of likely N-dealkylation sites (tertiary alicyclic amines) is 1. The number of aromatic amines is 1. The van der Waals surface area contributed by atoms with Gasteiger partial charge in [0.2, 0.25) is 0 Å². The Hall–Kier alpha value is -1.61. The molecule has 4 rings (SSSR count). The van der Waals surface area contributed by atoms with Crippen LogP contribution in [0.3, 0.4) is 0 Å². The zero-order valence-corrected chi connectivity index (χ0v) is 14.6. The molecule has 0 radical (unpaired) electrons. The van der Waals surface area contributed by atoms with Crippen molar-refractivity contribution in [3.8, 4) is 0 Å². The van der Waals surface area contributed by atoms with Gasteiger partial charge in [-0.3, -0.25) is 10.00 Å². The molecule has 0 bridgehead atoms. The Balaban J connectivity index is 1.46. The molecule has 1 saturated carbocycles. The maximum absolute atomic E-state index is 4.39. The van der Waals surface area contributed by atoms with Crippen LogP contribution in [0, 0.1) is 0 Å². The Bertz CT molecular complexity index is 628. The maximum Gasteiger partial charge on any atom is 0.0525 e. The van der Waals surface area contributed by atoms with E-state index in [1.807, 2.05) is 6.20 Å². The molecule has 3 heteroatoms. The third-order valence-electron chi connectivity index (χ3n) is 5.94. The van der Waals surface area contributed by atoms with Crippen LogP contribution in [0.2, 0.25) is 0 Å².